The third kappa shape index (κ3) is 3.20. The fourth-order valence-electron chi connectivity index (χ4n) is 1.89. The van der Waals surface area contributed by atoms with E-state index in [-0.39, 0.29) is 11.9 Å². The molecule has 1 fully saturated rings. The Labute approximate surface area is 112 Å². The first kappa shape index (κ1) is 13.3. The molecule has 0 aromatic carbocycles. The van der Waals surface area contributed by atoms with E-state index in [1.165, 1.54) is 0 Å². The molecule has 0 saturated carbocycles. The molecule has 1 atom stereocenters. The fourth-order valence-corrected chi connectivity index (χ4v) is 2.83. The van der Waals surface area contributed by atoms with E-state index >= 15 is 0 Å². The van der Waals surface area contributed by atoms with Gasteiger partial charge in [-0.3, -0.25) is 4.79 Å². The molecule has 18 heavy (non-hydrogen) atoms. The number of nitrogens with zero attached hydrogens (tertiary/aromatic N) is 2. The number of hydrogen-bond acceptors (Lipinski definition) is 5. The molecular weight excluding hydrogens is 248 g/mol. The summed E-state index contributed by atoms with van der Waals surface area (Å²) in [6, 6.07) is 0.272. The van der Waals surface area contributed by atoms with Crippen molar-refractivity contribution in [3.8, 4) is 0 Å². The average Bonchev–Trinajstić information content (AvgIpc) is 2.85. The number of piperazine rings is 1. The van der Waals surface area contributed by atoms with E-state index in [2.05, 4.69) is 34.8 Å². The first-order valence-corrected chi connectivity index (χ1v) is 7.29. The molecule has 2 N–H and O–H groups in total. The second-order valence-electron chi connectivity index (χ2n) is 4.50. The predicted molar refractivity (Wildman–Crippen MR) is 74.0 cm³/mol. The number of carbonyl (C=O) groups excluding carboxylic acids is 1. The Hall–Kier alpha value is -1.14. The summed E-state index contributed by atoms with van der Waals surface area (Å²) in [5.41, 5.74) is 1.06. The van der Waals surface area contributed by atoms with E-state index in [1.54, 1.807) is 11.3 Å². The van der Waals surface area contributed by atoms with Crippen LogP contribution in [0.5, 0.6) is 0 Å². The number of amides is 1. The monoisotopic (exact) mass is 268 g/mol. The second-order valence-corrected chi connectivity index (χ2v) is 5.34. The molecule has 1 aromatic rings. The van der Waals surface area contributed by atoms with Gasteiger partial charge in [-0.25, -0.2) is 4.98 Å². The lowest BCUT2D eigenvalue weighted by Gasteiger charge is -2.25. The molecular formula is C12H20N4OS. The molecule has 6 heteroatoms. The Bertz CT molecular complexity index is 407. The normalized spacial score (nSPS) is 17.7. The molecule has 2 rings (SSSR count). The maximum atomic E-state index is 11.3. The van der Waals surface area contributed by atoms with E-state index in [4.69, 9.17) is 0 Å². The maximum absolute atomic E-state index is 11.3. The fraction of sp³-hybridized carbons (Fsp3) is 0.667. The quantitative estimate of drug-likeness (QED) is 0.841. The number of rotatable bonds is 5. The highest BCUT2D eigenvalue weighted by Gasteiger charge is 2.20. The van der Waals surface area contributed by atoms with Gasteiger partial charge in [-0.05, 0) is 19.9 Å². The van der Waals surface area contributed by atoms with Gasteiger partial charge in [0, 0.05) is 24.5 Å². The van der Waals surface area contributed by atoms with Crippen molar-refractivity contribution < 1.29 is 4.79 Å². The smallest absolute Gasteiger partial charge is 0.239 e. The number of carbonyl (C=O) groups is 1. The maximum Gasteiger partial charge on any atom is 0.239 e. The van der Waals surface area contributed by atoms with Crippen LogP contribution in [-0.4, -0.2) is 37.1 Å². The topological polar surface area (TPSA) is 57.3 Å². The van der Waals surface area contributed by atoms with Crippen LogP contribution >= 0.6 is 11.3 Å². The highest BCUT2D eigenvalue weighted by atomic mass is 32.1. The van der Waals surface area contributed by atoms with Crippen LogP contribution in [0.1, 0.15) is 32.0 Å². The van der Waals surface area contributed by atoms with Crippen molar-refractivity contribution in [3.05, 3.63) is 11.1 Å². The highest BCUT2D eigenvalue weighted by molar-refractivity contribution is 7.13. The molecule has 2 heterocycles. The van der Waals surface area contributed by atoms with Crippen molar-refractivity contribution in [2.75, 3.05) is 31.1 Å². The van der Waals surface area contributed by atoms with Crippen molar-refractivity contribution in [1.82, 2.24) is 15.6 Å². The molecule has 1 saturated heterocycles. The van der Waals surface area contributed by atoms with Crippen molar-refractivity contribution in [1.29, 1.82) is 0 Å². The average molecular weight is 268 g/mol. The Balaban J connectivity index is 1.98. The summed E-state index contributed by atoms with van der Waals surface area (Å²) in [4.78, 5) is 18.0. The minimum atomic E-state index is 0.0788. The number of thiazole rings is 1. The van der Waals surface area contributed by atoms with Crippen LogP contribution in [0.15, 0.2) is 5.38 Å². The van der Waals surface area contributed by atoms with Gasteiger partial charge in [0.25, 0.3) is 0 Å². The Morgan fingerprint density at radius 1 is 1.67 bits per heavy atom. The lowest BCUT2D eigenvalue weighted by atomic mass is 10.2. The van der Waals surface area contributed by atoms with Crippen LogP contribution in [0.25, 0.3) is 0 Å². The summed E-state index contributed by atoms with van der Waals surface area (Å²) < 4.78 is 0. The predicted octanol–water partition coefficient (Wildman–Crippen LogP) is 1.14. The summed E-state index contributed by atoms with van der Waals surface area (Å²) >= 11 is 1.61. The molecule has 0 bridgehead atoms. The molecule has 1 aromatic heterocycles. The molecule has 1 unspecified atom stereocenters. The molecule has 0 spiro atoms. The van der Waals surface area contributed by atoms with E-state index in [0.29, 0.717) is 13.1 Å². The minimum absolute atomic E-state index is 0.0788. The molecule has 1 amide bonds. The SMILES string of the molecule is CCCNC(C)c1csc(N2CCNC(=O)C2)n1. The van der Waals surface area contributed by atoms with Crippen molar-refractivity contribution in [2.45, 2.75) is 26.3 Å². The Morgan fingerprint density at radius 3 is 3.22 bits per heavy atom. The molecule has 5 nitrogen and oxygen atoms in total. The molecule has 1 aliphatic rings. The van der Waals surface area contributed by atoms with Gasteiger partial charge in [-0.2, -0.15) is 0 Å². The van der Waals surface area contributed by atoms with Gasteiger partial charge >= 0.3 is 0 Å². The first-order valence-electron chi connectivity index (χ1n) is 6.41. The molecule has 1 aliphatic heterocycles. The van der Waals surface area contributed by atoms with Crippen LogP contribution in [-0.2, 0) is 4.79 Å². The van der Waals surface area contributed by atoms with Gasteiger partial charge in [-0.1, -0.05) is 6.92 Å². The van der Waals surface area contributed by atoms with Crippen LogP contribution in [0.2, 0.25) is 0 Å². The summed E-state index contributed by atoms with van der Waals surface area (Å²) in [6.45, 7) is 7.24. The number of aromatic nitrogens is 1. The van der Waals surface area contributed by atoms with E-state index in [0.717, 1.165) is 30.3 Å². The zero-order valence-corrected chi connectivity index (χ0v) is 11.7. The van der Waals surface area contributed by atoms with Crippen LogP contribution in [0.3, 0.4) is 0 Å². The van der Waals surface area contributed by atoms with Gasteiger partial charge in [-0.15, -0.1) is 11.3 Å². The van der Waals surface area contributed by atoms with E-state index in [1.807, 2.05) is 4.90 Å². The third-order valence-electron chi connectivity index (χ3n) is 2.96. The van der Waals surface area contributed by atoms with E-state index in [9.17, 15) is 4.79 Å². The van der Waals surface area contributed by atoms with Crippen molar-refractivity contribution in [2.24, 2.45) is 0 Å². The first-order chi connectivity index (χ1) is 8.70. The summed E-state index contributed by atoms with van der Waals surface area (Å²) in [5.74, 6) is 0.0788. The second kappa shape index (κ2) is 6.15. The zero-order chi connectivity index (χ0) is 13.0. The van der Waals surface area contributed by atoms with Gasteiger partial charge in [0.1, 0.15) is 0 Å². The highest BCUT2D eigenvalue weighted by Crippen LogP contribution is 2.24. The lowest BCUT2D eigenvalue weighted by molar-refractivity contribution is -0.120. The zero-order valence-electron chi connectivity index (χ0n) is 10.9. The van der Waals surface area contributed by atoms with Gasteiger partial charge in [0.05, 0.1) is 12.2 Å². The van der Waals surface area contributed by atoms with Crippen LogP contribution in [0, 0.1) is 0 Å². The molecule has 0 radical (unpaired) electrons. The largest absolute Gasteiger partial charge is 0.353 e. The Kier molecular flexibility index (Phi) is 4.54. The number of anilines is 1. The minimum Gasteiger partial charge on any atom is -0.353 e. The summed E-state index contributed by atoms with van der Waals surface area (Å²) in [6.07, 6.45) is 1.12. The summed E-state index contributed by atoms with van der Waals surface area (Å²) in [7, 11) is 0. The van der Waals surface area contributed by atoms with Gasteiger partial charge in [0.15, 0.2) is 5.13 Å². The summed E-state index contributed by atoms with van der Waals surface area (Å²) in [5, 5.41) is 9.27. The molecule has 0 aliphatic carbocycles. The van der Waals surface area contributed by atoms with Crippen molar-refractivity contribution >= 4 is 22.4 Å². The lowest BCUT2D eigenvalue weighted by Crippen LogP contribution is -2.47. The van der Waals surface area contributed by atoms with Crippen LogP contribution in [0.4, 0.5) is 5.13 Å². The van der Waals surface area contributed by atoms with Crippen molar-refractivity contribution in [3.63, 3.8) is 0 Å². The third-order valence-corrected chi connectivity index (χ3v) is 3.88. The van der Waals surface area contributed by atoms with Crippen LogP contribution < -0.4 is 15.5 Å². The molecule has 100 valence electrons. The standard InChI is InChI=1S/C12H20N4OS/c1-3-4-13-9(2)10-8-18-12(15-10)16-6-5-14-11(17)7-16/h8-9,13H,3-7H2,1-2H3,(H,14,17). The van der Waals surface area contributed by atoms with E-state index < -0.39 is 0 Å². The van der Waals surface area contributed by atoms with Gasteiger partial charge in [0.2, 0.25) is 5.91 Å². The number of nitrogens with one attached hydrogen (secondary N) is 2. The number of hydrogen-bond donors (Lipinski definition) is 2. The van der Waals surface area contributed by atoms with Gasteiger partial charge < -0.3 is 15.5 Å². The Morgan fingerprint density at radius 2 is 2.50 bits per heavy atom.